The quantitative estimate of drug-likeness (QED) is 0.349. The Kier molecular flexibility index (Phi) is 6.38. The summed E-state index contributed by atoms with van der Waals surface area (Å²) in [6.45, 7) is 0.546. The lowest BCUT2D eigenvalue weighted by molar-refractivity contribution is 0.100. The molecule has 4 aromatic rings. The molecule has 2 aromatic heterocycles. The molecule has 4 rings (SSSR count). The van der Waals surface area contributed by atoms with Gasteiger partial charge >= 0.3 is 0 Å². The zero-order chi connectivity index (χ0) is 22.7. The highest BCUT2D eigenvalue weighted by Crippen LogP contribution is 2.21. The van der Waals surface area contributed by atoms with Crippen molar-refractivity contribution in [2.75, 3.05) is 5.32 Å². The van der Waals surface area contributed by atoms with Crippen molar-refractivity contribution in [3.63, 3.8) is 0 Å². The summed E-state index contributed by atoms with van der Waals surface area (Å²) >= 11 is 6.95. The smallest absolute Gasteiger partial charge is 0.260 e. The normalized spacial score (nSPS) is 11.5. The Morgan fingerprint density at radius 3 is 2.56 bits per heavy atom. The van der Waals surface area contributed by atoms with E-state index in [-0.39, 0.29) is 16.3 Å². The maximum atomic E-state index is 12.7. The number of aromatic nitrogens is 2. The predicted molar refractivity (Wildman–Crippen MR) is 125 cm³/mol. The second-order valence-corrected chi connectivity index (χ2v) is 10.2. The van der Waals surface area contributed by atoms with Crippen LogP contribution in [-0.2, 0) is 23.1 Å². The summed E-state index contributed by atoms with van der Waals surface area (Å²) < 4.78 is 27.8. The molecule has 164 valence electrons. The number of hydrogen-bond donors (Lipinski definition) is 3. The summed E-state index contributed by atoms with van der Waals surface area (Å²) in [7, 11) is -3.77. The van der Waals surface area contributed by atoms with Gasteiger partial charge in [0.25, 0.3) is 5.91 Å². The number of primary amides is 1. The number of carbonyl (C=O) groups excluding carboxylic acids is 1. The van der Waals surface area contributed by atoms with Gasteiger partial charge in [-0.05, 0) is 48.0 Å². The van der Waals surface area contributed by atoms with E-state index < -0.39 is 15.9 Å². The largest absolute Gasteiger partial charge is 0.366 e. The van der Waals surface area contributed by atoms with Crippen LogP contribution < -0.4 is 15.8 Å². The second kappa shape index (κ2) is 9.21. The predicted octanol–water partition coefficient (Wildman–Crippen LogP) is 3.53. The summed E-state index contributed by atoms with van der Waals surface area (Å²) in [6.07, 6.45) is 1.33. The Hall–Kier alpha value is -3.05. The number of hydrogen-bond acceptors (Lipinski definition) is 7. The zero-order valence-corrected chi connectivity index (χ0v) is 19.0. The maximum Gasteiger partial charge on any atom is 0.260 e. The molecule has 11 heteroatoms. The van der Waals surface area contributed by atoms with Crippen LogP contribution in [-0.4, -0.2) is 24.3 Å². The molecule has 2 heterocycles. The van der Waals surface area contributed by atoms with E-state index in [2.05, 4.69) is 20.0 Å². The highest BCUT2D eigenvalue weighted by molar-refractivity contribution is 7.89. The Labute approximate surface area is 193 Å². The van der Waals surface area contributed by atoms with Crippen LogP contribution in [0.1, 0.15) is 20.2 Å². The first-order valence-corrected chi connectivity index (χ1v) is 12.1. The number of carbonyl (C=O) groups is 1. The fourth-order valence-corrected chi connectivity index (χ4v) is 4.86. The molecular formula is C21H18ClN5O3S2. The standard InChI is InChI=1S/C21H18ClN5O3S2/c22-15-4-1-13(2-5-15)10-24-19-8-3-14-9-16(6-7-17(14)27-19)32(29,30)26-12-20-25-11-18(31-20)21(23)28/h1-9,11,26H,10,12H2,(H2,23,28)(H,24,27). The lowest BCUT2D eigenvalue weighted by atomic mass is 10.2. The lowest BCUT2D eigenvalue weighted by Gasteiger charge is -2.09. The summed E-state index contributed by atoms with van der Waals surface area (Å²) in [6, 6.07) is 15.8. The minimum Gasteiger partial charge on any atom is -0.366 e. The molecule has 0 fully saturated rings. The number of amides is 1. The minimum atomic E-state index is -3.77. The highest BCUT2D eigenvalue weighted by Gasteiger charge is 2.16. The Morgan fingerprint density at radius 2 is 1.84 bits per heavy atom. The third kappa shape index (κ3) is 5.22. The molecule has 2 aromatic carbocycles. The Bertz CT molecular complexity index is 1390. The van der Waals surface area contributed by atoms with E-state index in [1.807, 2.05) is 30.3 Å². The van der Waals surface area contributed by atoms with Gasteiger partial charge < -0.3 is 11.1 Å². The molecule has 0 atom stereocenters. The fourth-order valence-electron chi connectivity index (χ4n) is 2.91. The Morgan fingerprint density at radius 1 is 1.06 bits per heavy atom. The van der Waals surface area contributed by atoms with Crippen molar-refractivity contribution in [1.29, 1.82) is 0 Å². The molecule has 0 unspecified atom stereocenters. The van der Waals surface area contributed by atoms with Gasteiger partial charge in [0.1, 0.15) is 15.7 Å². The number of thiazole rings is 1. The number of pyridine rings is 1. The second-order valence-electron chi connectivity index (χ2n) is 6.84. The zero-order valence-electron chi connectivity index (χ0n) is 16.6. The summed E-state index contributed by atoms with van der Waals surface area (Å²) in [5.74, 6) is 0.0795. The van der Waals surface area contributed by atoms with Gasteiger partial charge in [-0.25, -0.2) is 23.1 Å². The van der Waals surface area contributed by atoms with E-state index in [1.54, 1.807) is 18.2 Å². The van der Waals surface area contributed by atoms with Crippen LogP contribution in [0.4, 0.5) is 5.82 Å². The molecule has 0 bridgehead atoms. The van der Waals surface area contributed by atoms with Crippen molar-refractivity contribution in [1.82, 2.24) is 14.7 Å². The van der Waals surface area contributed by atoms with E-state index >= 15 is 0 Å². The fraction of sp³-hybridized carbons (Fsp3) is 0.0952. The molecule has 8 nitrogen and oxygen atoms in total. The van der Waals surface area contributed by atoms with E-state index in [1.165, 1.54) is 12.3 Å². The first-order chi connectivity index (χ1) is 15.3. The summed E-state index contributed by atoms with van der Waals surface area (Å²) in [5, 5.41) is 5.06. The van der Waals surface area contributed by atoms with Gasteiger partial charge in [0.05, 0.1) is 23.2 Å². The van der Waals surface area contributed by atoms with Crippen LogP contribution >= 0.6 is 22.9 Å². The van der Waals surface area contributed by atoms with E-state index in [9.17, 15) is 13.2 Å². The third-order valence-corrected chi connectivity index (χ3v) is 7.23. The van der Waals surface area contributed by atoms with Gasteiger partial charge in [0.15, 0.2) is 0 Å². The van der Waals surface area contributed by atoms with Crippen molar-refractivity contribution in [2.45, 2.75) is 18.0 Å². The van der Waals surface area contributed by atoms with Crippen LogP contribution in [0.15, 0.2) is 65.7 Å². The average molecular weight is 488 g/mol. The molecule has 0 aliphatic heterocycles. The average Bonchev–Trinajstić information content (AvgIpc) is 3.26. The van der Waals surface area contributed by atoms with Crippen LogP contribution in [0, 0.1) is 0 Å². The number of nitrogens with zero attached hydrogens (tertiary/aromatic N) is 2. The molecule has 0 spiro atoms. The molecule has 4 N–H and O–H groups in total. The first kappa shape index (κ1) is 22.2. The van der Waals surface area contributed by atoms with Gasteiger partial charge in [0.2, 0.25) is 10.0 Å². The van der Waals surface area contributed by atoms with Gasteiger partial charge in [-0.1, -0.05) is 23.7 Å². The number of benzene rings is 2. The molecule has 0 saturated heterocycles. The molecule has 0 radical (unpaired) electrons. The van der Waals surface area contributed by atoms with E-state index in [0.29, 0.717) is 33.3 Å². The first-order valence-electron chi connectivity index (χ1n) is 9.43. The number of sulfonamides is 1. The van der Waals surface area contributed by atoms with Crippen molar-refractivity contribution < 1.29 is 13.2 Å². The van der Waals surface area contributed by atoms with Gasteiger partial charge in [-0.15, -0.1) is 11.3 Å². The van der Waals surface area contributed by atoms with Crippen LogP contribution in [0.2, 0.25) is 5.02 Å². The summed E-state index contributed by atoms with van der Waals surface area (Å²) in [4.78, 5) is 20.1. The SMILES string of the molecule is NC(=O)c1cnc(CNS(=O)(=O)c2ccc3nc(NCc4ccc(Cl)cc4)ccc3c2)s1. The van der Waals surface area contributed by atoms with Crippen molar-refractivity contribution >= 4 is 55.6 Å². The lowest BCUT2D eigenvalue weighted by Crippen LogP contribution is -2.23. The Balaban J connectivity index is 1.45. The number of nitrogens with one attached hydrogen (secondary N) is 2. The molecule has 32 heavy (non-hydrogen) atoms. The van der Waals surface area contributed by atoms with Crippen LogP contribution in [0.3, 0.4) is 0 Å². The number of halogens is 1. The van der Waals surface area contributed by atoms with E-state index in [4.69, 9.17) is 17.3 Å². The molecule has 0 aliphatic rings. The summed E-state index contributed by atoms with van der Waals surface area (Å²) in [5.41, 5.74) is 6.92. The van der Waals surface area contributed by atoms with Crippen LogP contribution in [0.25, 0.3) is 10.9 Å². The number of rotatable bonds is 8. The highest BCUT2D eigenvalue weighted by atomic mass is 35.5. The molecule has 0 aliphatic carbocycles. The maximum absolute atomic E-state index is 12.7. The van der Waals surface area contributed by atoms with E-state index in [0.717, 1.165) is 16.9 Å². The number of anilines is 1. The topological polar surface area (TPSA) is 127 Å². The van der Waals surface area contributed by atoms with Crippen molar-refractivity contribution in [3.8, 4) is 0 Å². The van der Waals surface area contributed by atoms with Crippen molar-refractivity contribution in [2.24, 2.45) is 5.73 Å². The molecular weight excluding hydrogens is 470 g/mol. The molecule has 0 saturated carbocycles. The molecule has 1 amide bonds. The van der Waals surface area contributed by atoms with Crippen molar-refractivity contribution in [3.05, 3.63) is 81.3 Å². The minimum absolute atomic E-state index is 0.0376. The number of nitrogens with two attached hydrogens (primary N) is 1. The van der Waals surface area contributed by atoms with Gasteiger partial charge in [-0.3, -0.25) is 4.79 Å². The van der Waals surface area contributed by atoms with Gasteiger partial charge in [-0.2, -0.15) is 0 Å². The number of fused-ring (bicyclic) bond motifs is 1. The third-order valence-electron chi connectivity index (χ3n) is 4.57. The van der Waals surface area contributed by atoms with Crippen LogP contribution in [0.5, 0.6) is 0 Å². The monoisotopic (exact) mass is 487 g/mol. The van der Waals surface area contributed by atoms with Gasteiger partial charge in [0, 0.05) is 17.0 Å².